The third kappa shape index (κ3) is 5.43. The molecule has 0 saturated heterocycles. The average Bonchev–Trinajstić information content (AvgIpc) is 2.18. The van der Waals surface area contributed by atoms with Gasteiger partial charge < -0.3 is 10.6 Å². The summed E-state index contributed by atoms with van der Waals surface area (Å²) < 4.78 is 12.6. The van der Waals surface area contributed by atoms with E-state index in [9.17, 15) is 14.0 Å². The highest BCUT2D eigenvalue weighted by Gasteiger charge is 2.16. The standard InChI is InChI=1S/C13H17FN2O2/c1-13(2,3)16-12(18)8-11(17)15-10-6-4-9(14)5-7-10/h4-7H,8H2,1-3H3,(H,15,17)(H,16,18). The number of anilines is 1. The number of carbonyl (C=O) groups excluding carboxylic acids is 2. The Kier molecular flexibility index (Phi) is 4.42. The Morgan fingerprint density at radius 3 is 2.17 bits per heavy atom. The summed E-state index contributed by atoms with van der Waals surface area (Å²) in [6.45, 7) is 5.51. The summed E-state index contributed by atoms with van der Waals surface area (Å²) in [5, 5.41) is 5.20. The van der Waals surface area contributed by atoms with Crippen molar-refractivity contribution in [2.75, 3.05) is 5.32 Å². The van der Waals surface area contributed by atoms with Gasteiger partial charge in [0.1, 0.15) is 12.2 Å². The summed E-state index contributed by atoms with van der Waals surface area (Å²) in [5.41, 5.74) is 0.0951. The fraction of sp³-hybridized carbons (Fsp3) is 0.385. The smallest absolute Gasteiger partial charge is 0.233 e. The Balaban J connectivity index is 2.47. The Hall–Kier alpha value is -1.91. The number of carbonyl (C=O) groups is 2. The first kappa shape index (κ1) is 14.2. The van der Waals surface area contributed by atoms with Crippen molar-refractivity contribution in [3.05, 3.63) is 30.1 Å². The monoisotopic (exact) mass is 252 g/mol. The van der Waals surface area contributed by atoms with Crippen LogP contribution in [0.1, 0.15) is 27.2 Å². The fourth-order valence-corrected chi connectivity index (χ4v) is 1.35. The molecule has 2 N–H and O–H groups in total. The van der Waals surface area contributed by atoms with Gasteiger partial charge in [-0.1, -0.05) is 0 Å². The average molecular weight is 252 g/mol. The molecule has 1 aromatic carbocycles. The minimum Gasteiger partial charge on any atom is -0.351 e. The van der Waals surface area contributed by atoms with Crippen LogP contribution in [0, 0.1) is 5.82 Å². The van der Waals surface area contributed by atoms with Crippen LogP contribution in [-0.4, -0.2) is 17.4 Å². The number of hydrogen-bond donors (Lipinski definition) is 2. The van der Waals surface area contributed by atoms with Crippen molar-refractivity contribution in [1.29, 1.82) is 0 Å². The summed E-state index contributed by atoms with van der Waals surface area (Å²) >= 11 is 0. The lowest BCUT2D eigenvalue weighted by Gasteiger charge is -2.20. The minimum atomic E-state index is -0.427. The largest absolute Gasteiger partial charge is 0.351 e. The molecule has 0 radical (unpaired) electrons. The molecule has 2 amide bonds. The summed E-state index contributed by atoms with van der Waals surface area (Å²) in [6, 6.07) is 5.36. The molecule has 18 heavy (non-hydrogen) atoms. The Morgan fingerprint density at radius 2 is 1.67 bits per heavy atom. The van der Waals surface area contributed by atoms with Gasteiger partial charge in [0.2, 0.25) is 11.8 Å². The molecule has 5 heteroatoms. The summed E-state index contributed by atoms with van der Waals surface area (Å²) in [7, 11) is 0. The van der Waals surface area contributed by atoms with Gasteiger partial charge in [-0.3, -0.25) is 9.59 Å². The maximum atomic E-state index is 12.6. The van der Waals surface area contributed by atoms with Crippen LogP contribution in [0.2, 0.25) is 0 Å². The van der Waals surface area contributed by atoms with Gasteiger partial charge in [-0.15, -0.1) is 0 Å². The molecule has 0 spiro atoms. The fourth-order valence-electron chi connectivity index (χ4n) is 1.35. The van der Waals surface area contributed by atoms with Crippen molar-refractivity contribution >= 4 is 17.5 Å². The Bertz CT molecular complexity index is 435. The lowest BCUT2D eigenvalue weighted by Crippen LogP contribution is -2.41. The van der Waals surface area contributed by atoms with Crippen LogP contribution in [0.15, 0.2) is 24.3 Å². The molecular formula is C13H17FN2O2. The number of nitrogens with one attached hydrogen (secondary N) is 2. The molecule has 0 atom stereocenters. The quantitative estimate of drug-likeness (QED) is 0.809. The van der Waals surface area contributed by atoms with E-state index in [1.165, 1.54) is 24.3 Å². The van der Waals surface area contributed by atoms with Crippen LogP contribution in [-0.2, 0) is 9.59 Å². The van der Waals surface area contributed by atoms with Crippen LogP contribution in [0.3, 0.4) is 0 Å². The van der Waals surface area contributed by atoms with Crippen LogP contribution in [0.5, 0.6) is 0 Å². The maximum absolute atomic E-state index is 12.6. The number of halogens is 1. The molecule has 4 nitrogen and oxygen atoms in total. The van der Waals surface area contributed by atoms with Gasteiger partial charge in [-0.05, 0) is 45.0 Å². The summed E-state index contributed by atoms with van der Waals surface area (Å²) in [4.78, 5) is 23.0. The molecule has 0 heterocycles. The second-order valence-corrected chi connectivity index (χ2v) is 5.03. The van der Waals surface area contributed by atoms with Gasteiger partial charge in [-0.2, -0.15) is 0 Å². The molecule has 0 unspecified atom stereocenters. The van der Waals surface area contributed by atoms with E-state index < -0.39 is 5.91 Å². The first-order valence-electron chi connectivity index (χ1n) is 5.63. The van der Waals surface area contributed by atoms with Crippen LogP contribution in [0.25, 0.3) is 0 Å². The second-order valence-electron chi connectivity index (χ2n) is 5.03. The van der Waals surface area contributed by atoms with E-state index in [2.05, 4.69) is 10.6 Å². The first-order valence-corrected chi connectivity index (χ1v) is 5.63. The van der Waals surface area contributed by atoms with Gasteiger partial charge in [0.25, 0.3) is 0 Å². The lowest BCUT2D eigenvalue weighted by molar-refractivity contribution is -0.127. The number of amides is 2. The minimum absolute atomic E-state index is 0.255. The number of rotatable bonds is 3. The zero-order valence-electron chi connectivity index (χ0n) is 10.7. The van der Waals surface area contributed by atoms with Gasteiger partial charge >= 0.3 is 0 Å². The van der Waals surface area contributed by atoms with E-state index in [0.29, 0.717) is 5.69 Å². The van der Waals surface area contributed by atoms with Crippen molar-refractivity contribution < 1.29 is 14.0 Å². The van der Waals surface area contributed by atoms with E-state index in [1.54, 1.807) is 0 Å². The van der Waals surface area contributed by atoms with Gasteiger partial charge in [0, 0.05) is 11.2 Å². The zero-order valence-corrected chi connectivity index (χ0v) is 10.7. The highest BCUT2D eigenvalue weighted by Crippen LogP contribution is 2.08. The predicted molar refractivity (Wildman–Crippen MR) is 67.5 cm³/mol. The van der Waals surface area contributed by atoms with Crippen molar-refractivity contribution in [3.63, 3.8) is 0 Å². The second kappa shape index (κ2) is 5.62. The van der Waals surface area contributed by atoms with Crippen LogP contribution >= 0.6 is 0 Å². The van der Waals surface area contributed by atoms with Crippen molar-refractivity contribution in [1.82, 2.24) is 5.32 Å². The third-order valence-corrected chi connectivity index (χ3v) is 1.96. The molecule has 1 rings (SSSR count). The normalized spacial score (nSPS) is 10.9. The molecule has 0 bridgehead atoms. The molecule has 1 aromatic rings. The molecular weight excluding hydrogens is 235 g/mol. The molecule has 0 aliphatic carbocycles. The third-order valence-electron chi connectivity index (χ3n) is 1.96. The number of benzene rings is 1. The van der Waals surface area contributed by atoms with E-state index >= 15 is 0 Å². The maximum Gasteiger partial charge on any atom is 0.233 e. The Labute approximate surface area is 106 Å². The molecule has 98 valence electrons. The van der Waals surface area contributed by atoms with E-state index in [4.69, 9.17) is 0 Å². The van der Waals surface area contributed by atoms with E-state index in [1.807, 2.05) is 20.8 Å². The van der Waals surface area contributed by atoms with Crippen LogP contribution < -0.4 is 10.6 Å². The van der Waals surface area contributed by atoms with Gasteiger partial charge in [0.15, 0.2) is 0 Å². The topological polar surface area (TPSA) is 58.2 Å². The van der Waals surface area contributed by atoms with Crippen LogP contribution in [0.4, 0.5) is 10.1 Å². The predicted octanol–water partition coefficient (Wildman–Crippen LogP) is 2.07. The Morgan fingerprint density at radius 1 is 1.11 bits per heavy atom. The van der Waals surface area contributed by atoms with E-state index in [-0.39, 0.29) is 23.7 Å². The van der Waals surface area contributed by atoms with Crippen molar-refractivity contribution in [3.8, 4) is 0 Å². The SMILES string of the molecule is CC(C)(C)NC(=O)CC(=O)Nc1ccc(F)cc1. The highest BCUT2D eigenvalue weighted by atomic mass is 19.1. The molecule has 0 aromatic heterocycles. The summed E-state index contributed by atoms with van der Waals surface area (Å²) in [6.07, 6.45) is -0.255. The highest BCUT2D eigenvalue weighted by molar-refractivity contribution is 6.03. The lowest BCUT2D eigenvalue weighted by atomic mass is 10.1. The first-order chi connectivity index (χ1) is 8.26. The molecule has 0 aliphatic rings. The number of hydrogen-bond acceptors (Lipinski definition) is 2. The van der Waals surface area contributed by atoms with Gasteiger partial charge in [0.05, 0.1) is 0 Å². The zero-order chi connectivity index (χ0) is 13.8. The summed E-state index contributed by atoms with van der Waals surface area (Å²) in [5.74, 6) is -1.15. The van der Waals surface area contributed by atoms with Crippen molar-refractivity contribution in [2.45, 2.75) is 32.7 Å². The van der Waals surface area contributed by atoms with Gasteiger partial charge in [-0.25, -0.2) is 4.39 Å². The molecule has 0 aliphatic heterocycles. The molecule has 0 saturated carbocycles. The van der Waals surface area contributed by atoms with Crippen molar-refractivity contribution in [2.24, 2.45) is 0 Å². The van der Waals surface area contributed by atoms with E-state index in [0.717, 1.165) is 0 Å². The molecule has 0 fully saturated rings.